The first-order valence-electron chi connectivity index (χ1n) is 17.7. The lowest BCUT2D eigenvalue weighted by Gasteiger charge is -2.22. The lowest BCUT2D eigenvalue weighted by Crippen LogP contribution is -2.40. The zero-order valence-corrected chi connectivity index (χ0v) is 31.9. The number of hydrogen-bond donors (Lipinski definition) is 2. The van der Waals surface area contributed by atoms with Gasteiger partial charge < -0.3 is 23.5 Å². The fourth-order valence-electron chi connectivity index (χ4n) is 6.66. The van der Waals surface area contributed by atoms with E-state index in [2.05, 4.69) is 28.8 Å². The molecule has 1 aliphatic rings. The fourth-order valence-corrected chi connectivity index (χ4v) is 8.95. The Kier molecular flexibility index (Phi) is 12.2. The molecule has 0 bridgehead atoms. The Labute approximate surface area is 319 Å². The van der Waals surface area contributed by atoms with Gasteiger partial charge in [-0.3, -0.25) is 14.7 Å². The molecule has 1 aliphatic carbocycles. The number of hydrogen-bond acceptors (Lipinski definition) is 9. The van der Waals surface area contributed by atoms with E-state index in [0.29, 0.717) is 12.0 Å². The summed E-state index contributed by atoms with van der Waals surface area (Å²) in [5.74, 6) is -0.923. The third-order valence-electron chi connectivity index (χ3n) is 9.06. The van der Waals surface area contributed by atoms with Gasteiger partial charge in [0.25, 0.3) is 0 Å². The molecule has 1 heterocycles. The van der Waals surface area contributed by atoms with Crippen LogP contribution in [0.5, 0.6) is 0 Å². The van der Waals surface area contributed by atoms with Gasteiger partial charge in [0, 0.05) is 23.9 Å². The topological polar surface area (TPSA) is 140 Å². The van der Waals surface area contributed by atoms with E-state index in [9.17, 15) is 19.4 Å². The summed E-state index contributed by atoms with van der Waals surface area (Å²) >= 11 is 5.74. The number of fused-ring (bicyclic) bond motifs is 3. The van der Waals surface area contributed by atoms with Crippen LogP contribution in [-0.4, -0.2) is 37.9 Å². The molecule has 2 N–H and O–H groups in total. The first kappa shape index (κ1) is 38.4. The minimum Gasteiger partial charge on any atom is -0.449 e. The van der Waals surface area contributed by atoms with Crippen LogP contribution >= 0.6 is 19.8 Å². The maximum atomic E-state index is 14.2. The van der Waals surface area contributed by atoms with Crippen LogP contribution in [-0.2, 0) is 29.6 Å². The van der Waals surface area contributed by atoms with Gasteiger partial charge in [0.05, 0.1) is 17.7 Å². The quantitative estimate of drug-likeness (QED) is 0.0837. The van der Waals surface area contributed by atoms with Gasteiger partial charge >= 0.3 is 13.7 Å². The number of anilines is 1. The minimum atomic E-state index is -4.19. The summed E-state index contributed by atoms with van der Waals surface area (Å²) in [6.45, 7) is 5.28. The zero-order valence-electron chi connectivity index (χ0n) is 30.2. The van der Waals surface area contributed by atoms with E-state index in [1.54, 1.807) is 26.0 Å². The van der Waals surface area contributed by atoms with Crippen molar-refractivity contribution >= 4 is 43.0 Å². The van der Waals surface area contributed by atoms with Crippen LogP contribution < -0.4 is 15.9 Å². The van der Waals surface area contributed by atoms with Crippen molar-refractivity contribution in [3.8, 4) is 28.5 Å². The van der Waals surface area contributed by atoms with Gasteiger partial charge in [-0.15, -0.1) is 0 Å². The smallest absolute Gasteiger partial charge is 0.407 e. The molecule has 0 saturated heterocycles. The highest BCUT2D eigenvalue weighted by molar-refractivity contribution is 7.73. The molecule has 0 fully saturated rings. The number of amides is 2. The number of rotatable bonds is 14. The first-order chi connectivity index (χ1) is 26.1. The summed E-state index contributed by atoms with van der Waals surface area (Å²) < 4.78 is 37.4. The number of ether oxygens (including phenoxy) is 1. The Hall–Kier alpha value is -5.37. The van der Waals surface area contributed by atoms with Gasteiger partial charge in [-0.05, 0) is 55.0 Å². The molecule has 0 unspecified atom stereocenters. The van der Waals surface area contributed by atoms with E-state index in [1.807, 2.05) is 85.8 Å². The number of benzene rings is 4. The van der Waals surface area contributed by atoms with Crippen LogP contribution in [0.25, 0.3) is 22.5 Å². The Bertz CT molecular complexity index is 2250. The maximum absolute atomic E-state index is 14.2. The summed E-state index contributed by atoms with van der Waals surface area (Å²) in [6.07, 6.45) is -0.609. The van der Waals surface area contributed by atoms with E-state index in [4.69, 9.17) is 30.4 Å². The molecule has 54 heavy (non-hydrogen) atoms. The third-order valence-corrected chi connectivity index (χ3v) is 11.8. The molecule has 2 amide bonds. The number of aryl methyl sites for hydroxylation is 1. The third kappa shape index (κ3) is 8.38. The standard InChI is InChI=1S/C42H40N3O7PS/c1-4-50-53(48,51-5-2)39-40(54)35(25-43)38(29-21-19-27(3)20-22-29)52-41(39)45-37(46)24-30(23-28-13-7-6-8-14-28)44-42(47)49-26-36-33-17-11-9-15-31(33)32-16-10-12-18-34(32)36/h6-22,30,36H,4-5,23-24,26H2,1-3H3,(H,44,47)(H,45,46)/t30-/m1/s1. The van der Waals surface area contributed by atoms with Crippen LogP contribution in [0.4, 0.5) is 10.7 Å². The zero-order chi connectivity index (χ0) is 38.2. The van der Waals surface area contributed by atoms with E-state index < -0.39 is 25.6 Å². The number of carbonyl (C=O) groups is 2. The number of nitrogens with one attached hydrogen (secondary N) is 2. The molecular weight excluding hydrogens is 722 g/mol. The van der Waals surface area contributed by atoms with Crippen LogP contribution in [0.1, 0.15) is 54.0 Å². The monoisotopic (exact) mass is 761 g/mol. The van der Waals surface area contributed by atoms with Crippen molar-refractivity contribution in [3.05, 3.63) is 135 Å². The molecule has 0 saturated carbocycles. The van der Waals surface area contributed by atoms with Crippen LogP contribution in [0, 0.1) is 22.8 Å². The van der Waals surface area contributed by atoms with Gasteiger partial charge in [-0.2, -0.15) is 5.26 Å². The summed E-state index contributed by atoms with van der Waals surface area (Å²) in [5, 5.41) is 15.6. The fraction of sp³-hybridized carbons (Fsp3) is 0.238. The predicted octanol–water partition coefficient (Wildman–Crippen LogP) is 9.23. The van der Waals surface area contributed by atoms with Crippen molar-refractivity contribution in [2.24, 2.45) is 0 Å². The second kappa shape index (κ2) is 17.2. The predicted molar refractivity (Wildman–Crippen MR) is 210 cm³/mol. The molecule has 0 radical (unpaired) electrons. The molecule has 5 aromatic rings. The normalized spacial score (nSPS) is 12.6. The molecular formula is C42H40N3O7PS. The molecule has 0 aliphatic heterocycles. The minimum absolute atomic E-state index is 0.00968. The van der Waals surface area contributed by atoms with Crippen molar-refractivity contribution in [1.29, 1.82) is 5.26 Å². The first-order valence-corrected chi connectivity index (χ1v) is 19.6. The van der Waals surface area contributed by atoms with Crippen molar-refractivity contribution in [2.75, 3.05) is 25.1 Å². The molecule has 10 nitrogen and oxygen atoms in total. The molecule has 6 rings (SSSR count). The van der Waals surface area contributed by atoms with Gasteiger partial charge in [0.2, 0.25) is 11.8 Å². The number of carbonyl (C=O) groups excluding carboxylic acids is 2. The largest absolute Gasteiger partial charge is 0.449 e. The van der Waals surface area contributed by atoms with Crippen LogP contribution in [0.2, 0.25) is 0 Å². The van der Waals surface area contributed by atoms with Crippen LogP contribution in [0.3, 0.4) is 0 Å². The van der Waals surface area contributed by atoms with Crippen molar-refractivity contribution in [1.82, 2.24) is 5.32 Å². The summed E-state index contributed by atoms with van der Waals surface area (Å²) in [5.41, 5.74) is 6.70. The number of nitriles is 1. The second-order valence-corrected chi connectivity index (χ2v) is 15.1. The Morgan fingerprint density at radius 1 is 0.889 bits per heavy atom. The Morgan fingerprint density at radius 3 is 2.07 bits per heavy atom. The molecule has 0 spiro atoms. The van der Waals surface area contributed by atoms with Gasteiger partial charge in [-0.25, -0.2) is 4.79 Å². The van der Waals surface area contributed by atoms with Gasteiger partial charge in [-0.1, -0.05) is 121 Å². The van der Waals surface area contributed by atoms with E-state index >= 15 is 0 Å². The molecule has 1 aromatic heterocycles. The average molecular weight is 762 g/mol. The summed E-state index contributed by atoms with van der Waals surface area (Å²) in [7, 11) is -4.19. The number of alkyl carbamates (subject to hydrolysis) is 1. The molecule has 276 valence electrons. The molecule has 12 heteroatoms. The molecule has 1 atom stereocenters. The Morgan fingerprint density at radius 2 is 1.48 bits per heavy atom. The van der Waals surface area contributed by atoms with E-state index in [0.717, 1.165) is 33.4 Å². The summed E-state index contributed by atoms with van der Waals surface area (Å²) in [6, 6.07) is 34.1. The van der Waals surface area contributed by atoms with Gasteiger partial charge in [0.15, 0.2) is 5.76 Å². The number of nitrogens with zero attached hydrogens (tertiary/aromatic N) is 1. The lowest BCUT2D eigenvalue weighted by molar-refractivity contribution is -0.116. The highest BCUT2D eigenvalue weighted by Gasteiger charge is 2.37. The second-order valence-electron chi connectivity index (χ2n) is 12.7. The molecule has 4 aromatic carbocycles. The highest BCUT2D eigenvalue weighted by Crippen LogP contribution is 2.50. The lowest BCUT2D eigenvalue weighted by atomic mass is 9.98. The van der Waals surface area contributed by atoms with Crippen molar-refractivity contribution in [3.63, 3.8) is 0 Å². The maximum Gasteiger partial charge on any atom is 0.407 e. The average Bonchev–Trinajstić information content (AvgIpc) is 3.48. The summed E-state index contributed by atoms with van der Waals surface area (Å²) in [4.78, 5) is 27.4. The van der Waals surface area contributed by atoms with Crippen molar-refractivity contribution in [2.45, 2.75) is 45.6 Å². The van der Waals surface area contributed by atoms with E-state index in [1.165, 1.54) is 0 Å². The SMILES string of the molecule is CCOP(=O)(OCC)c1c(NC(=O)C[C@@H](Cc2ccccc2)NC(=O)OCC2c3ccccc3-c3ccccc32)oc(-c2ccc(C)cc2)c(C#N)c1=S. The highest BCUT2D eigenvalue weighted by atomic mass is 32.1. The van der Waals surface area contributed by atoms with Crippen molar-refractivity contribution < 1.29 is 32.4 Å². The Balaban J connectivity index is 1.28. The van der Waals surface area contributed by atoms with E-state index in [-0.39, 0.29) is 59.2 Å². The van der Waals surface area contributed by atoms with Gasteiger partial charge in [0.1, 0.15) is 23.5 Å². The van der Waals surface area contributed by atoms with Crippen LogP contribution in [0.15, 0.2) is 108 Å².